The standard InChI is InChI=1S/C10H19N3/c1-4-7-13-8-10(11-12-13)6-5-9(2)3/h8-9H,4-7H2,1-3H3. The summed E-state index contributed by atoms with van der Waals surface area (Å²) in [4.78, 5) is 0. The third-order valence-electron chi connectivity index (χ3n) is 2.02. The van der Waals surface area contributed by atoms with Crippen molar-refractivity contribution in [3.05, 3.63) is 11.9 Å². The Kier molecular flexibility index (Phi) is 3.93. The highest BCUT2D eigenvalue weighted by Gasteiger charge is 2.01. The maximum atomic E-state index is 4.12. The van der Waals surface area contributed by atoms with Gasteiger partial charge in [0.25, 0.3) is 0 Å². The summed E-state index contributed by atoms with van der Waals surface area (Å²) in [6.45, 7) is 7.59. The van der Waals surface area contributed by atoms with Gasteiger partial charge in [0, 0.05) is 12.7 Å². The third-order valence-corrected chi connectivity index (χ3v) is 2.02. The minimum absolute atomic E-state index is 0.747. The Morgan fingerprint density at radius 1 is 1.46 bits per heavy atom. The second-order valence-corrected chi connectivity index (χ2v) is 3.91. The second kappa shape index (κ2) is 5.00. The van der Waals surface area contributed by atoms with Crippen LogP contribution in [0.1, 0.15) is 39.3 Å². The van der Waals surface area contributed by atoms with Gasteiger partial charge in [-0.3, -0.25) is 4.68 Å². The maximum absolute atomic E-state index is 4.12. The van der Waals surface area contributed by atoms with Gasteiger partial charge in [-0.2, -0.15) is 0 Å². The molecule has 0 fully saturated rings. The Hall–Kier alpha value is -0.860. The number of rotatable bonds is 5. The van der Waals surface area contributed by atoms with Crippen LogP contribution >= 0.6 is 0 Å². The fraction of sp³-hybridized carbons (Fsp3) is 0.800. The summed E-state index contributed by atoms with van der Waals surface area (Å²) in [7, 11) is 0. The highest BCUT2D eigenvalue weighted by atomic mass is 15.4. The zero-order valence-electron chi connectivity index (χ0n) is 8.82. The van der Waals surface area contributed by atoms with Gasteiger partial charge in [0.15, 0.2) is 0 Å². The van der Waals surface area contributed by atoms with Crippen LogP contribution in [0.4, 0.5) is 0 Å². The van der Waals surface area contributed by atoms with E-state index in [0.29, 0.717) is 0 Å². The molecule has 0 N–H and O–H groups in total. The van der Waals surface area contributed by atoms with Crippen LogP contribution in [0.25, 0.3) is 0 Å². The molecule has 3 nitrogen and oxygen atoms in total. The maximum Gasteiger partial charge on any atom is 0.0827 e. The van der Waals surface area contributed by atoms with E-state index in [1.165, 1.54) is 6.42 Å². The van der Waals surface area contributed by atoms with Crippen molar-refractivity contribution in [2.75, 3.05) is 0 Å². The summed E-state index contributed by atoms with van der Waals surface area (Å²) >= 11 is 0. The number of hydrogen-bond acceptors (Lipinski definition) is 2. The van der Waals surface area contributed by atoms with Gasteiger partial charge in [-0.25, -0.2) is 0 Å². The van der Waals surface area contributed by atoms with E-state index in [1.807, 2.05) is 4.68 Å². The molecule has 3 heteroatoms. The average Bonchev–Trinajstić information content (AvgIpc) is 2.50. The van der Waals surface area contributed by atoms with E-state index in [4.69, 9.17) is 0 Å². The van der Waals surface area contributed by atoms with Crippen LogP contribution in [-0.4, -0.2) is 15.0 Å². The summed E-state index contributed by atoms with van der Waals surface area (Å²) in [5, 5.41) is 8.17. The van der Waals surface area contributed by atoms with Crippen molar-refractivity contribution in [1.82, 2.24) is 15.0 Å². The van der Waals surface area contributed by atoms with Gasteiger partial charge in [0.1, 0.15) is 0 Å². The number of hydrogen-bond donors (Lipinski definition) is 0. The molecule has 0 unspecified atom stereocenters. The van der Waals surface area contributed by atoms with Crippen molar-refractivity contribution < 1.29 is 0 Å². The van der Waals surface area contributed by atoms with Crippen LogP contribution < -0.4 is 0 Å². The number of nitrogens with zero attached hydrogens (tertiary/aromatic N) is 3. The Morgan fingerprint density at radius 3 is 2.85 bits per heavy atom. The molecule has 74 valence electrons. The molecule has 13 heavy (non-hydrogen) atoms. The van der Waals surface area contributed by atoms with E-state index >= 15 is 0 Å². The molecule has 0 saturated carbocycles. The van der Waals surface area contributed by atoms with E-state index in [2.05, 4.69) is 37.3 Å². The predicted molar refractivity (Wildman–Crippen MR) is 53.5 cm³/mol. The topological polar surface area (TPSA) is 30.7 Å². The third kappa shape index (κ3) is 3.57. The zero-order valence-corrected chi connectivity index (χ0v) is 8.82. The van der Waals surface area contributed by atoms with Crippen molar-refractivity contribution in [3.8, 4) is 0 Å². The highest BCUT2D eigenvalue weighted by molar-refractivity contribution is 4.92. The van der Waals surface area contributed by atoms with Crippen LogP contribution in [0.5, 0.6) is 0 Å². The molecule has 1 heterocycles. The van der Waals surface area contributed by atoms with Gasteiger partial charge < -0.3 is 0 Å². The Balaban J connectivity index is 2.39. The fourth-order valence-electron chi connectivity index (χ4n) is 1.23. The first-order valence-corrected chi connectivity index (χ1v) is 5.11. The van der Waals surface area contributed by atoms with Gasteiger partial charge in [-0.05, 0) is 25.2 Å². The first-order chi connectivity index (χ1) is 6.22. The van der Waals surface area contributed by atoms with Crippen molar-refractivity contribution in [1.29, 1.82) is 0 Å². The molecule has 0 aromatic carbocycles. The number of aromatic nitrogens is 3. The quantitative estimate of drug-likeness (QED) is 0.697. The van der Waals surface area contributed by atoms with Crippen molar-refractivity contribution in [2.45, 2.75) is 46.6 Å². The zero-order chi connectivity index (χ0) is 9.68. The summed E-state index contributed by atoms with van der Waals surface area (Å²) in [6.07, 6.45) is 5.44. The van der Waals surface area contributed by atoms with Gasteiger partial charge in [-0.1, -0.05) is 26.0 Å². The lowest BCUT2D eigenvalue weighted by Gasteiger charge is -1.99. The van der Waals surface area contributed by atoms with Crippen LogP contribution in [0.3, 0.4) is 0 Å². The van der Waals surface area contributed by atoms with Crippen LogP contribution in [0, 0.1) is 5.92 Å². The molecular weight excluding hydrogens is 162 g/mol. The van der Waals surface area contributed by atoms with Crippen LogP contribution in [-0.2, 0) is 13.0 Å². The first-order valence-electron chi connectivity index (χ1n) is 5.11. The minimum Gasteiger partial charge on any atom is -0.252 e. The summed E-state index contributed by atoms with van der Waals surface area (Å²) in [5.41, 5.74) is 1.13. The first kappa shape index (κ1) is 10.2. The normalized spacial score (nSPS) is 11.1. The summed E-state index contributed by atoms with van der Waals surface area (Å²) < 4.78 is 1.93. The Morgan fingerprint density at radius 2 is 2.23 bits per heavy atom. The van der Waals surface area contributed by atoms with E-state index in [0.717, 1.165) is 31.0 Å². The molecule has 1 aromatic heterocycles. The SMILES string of the molecule is CCCn1cc(CCC(C)C)nn1. The summed E-state index contributed by atoms with van der Waals surface area (Å²) in [6, 6.07) is 0. The summed E-state index contributed by atoms with van der Waals surface area (Å²) in [5.74, 6) is 0.747. The monoisotopic (exact) mass is 181 g/mol. The molecule has 0 aliphatic carbocycles. The molecule has 0 atom stereocenters. The lowest BCUT2D eigenvalue weighted by Crippen LogP contribution is -1.96. The molecule has 1 rings (SSSR count). The molecular formula is C10H19N3. The minimum atomic E-state index is 0.747. The van der Waals surface area contributed by atoms with Gasteiger partial charge >= 0.3 is 0 Å². The number of aryl methyl sites for hydroxylation is 2. The molecule has 0 amide bonds. The fourth-order valence-corrected chi connectivity index (χ4v) is 1.23. The molecule has 0 saturated heterocycles. The van der Waals surface area contributed by atoms with Crippen molar-refractivity contribution in [2.24, 2.45) is 5.92 Å². The molecule has 0 bridgehead atoms. The Bertz CT molecular complexity index is 240. The van der Waals surface area contributed by atoms with E-state index in [1.54, 1.807) is 0 Å². The Labute approximate surface area is 80.1 Å². The molecule has 0 spiro atoms. The van der Waals surface area contributed by atoms with Crippen LogP contribution in [0.15, 0.2) is 6.20 Å². The lowest BCUT2D eigenvalue weighted by atomic mass is 10.1. The largest absolute Gasteiger partial charge is 0.252 e. The van der Waals surface area contributed by atoms with Crippen molar-refractivity contribution >= 4 is 0 Å². The van der Waals surface area contributed by atoms with Gasteiger partial charge in [-0.15, -0.1) is 5.10 Å². The lowest BCUT2D eigenvalue weighted by molar-refractivity contribution is 0.576. The molecule has 0 aliphatic rings. The molecule has 0 radical (unpaired) electrons. The average molecular weight is 181 g/mol. The van der Waals surface area contributed by atoms with E-state index < -0.39 is 0 Å². The van der Waals surface area contributed by atoms with Crippen LogP contribution in [0.2, 0.25) is 0 Å². The van der Waals surface area contributed by atoms with E-state index in [9.17, 15) is 0 Å². The highest BCUT2D eigenvalue weighted by Crippen LogP contribution is 2.05. The van der Waals surface area contributed by atoms with Crippen molar-refractivity contribution in [3.63, 3.8) is 0 Å². The smallest absolute Gasteiger partial charge is 0.0827 e. The molecule has 0 aliphatic heterocycles. The van der Waals surface area contributed by atoms with E-state index in [-0.39, 0.29) is 0 Å². The van der Waals surface area contributed by atoms with Gasteiger partial charge in [0.2, 0.25) is 0 Å². The second-order valence-electron chi connectivity index (χ2n) is 3.91. The van der Waals surface area contributed by atoms with Gasteiger partial charge in [0.05, 0.1) is 5.69 Å². The molecule has 1 aromatic rings. The predicted octanol–water partition coefficient (Wildman–Crippen LogP) is 2.28.